The lowest BCUT2D eigenvalue weighted by atomic mass is 10.1. The van der Waals surface area contributed by atoms with Gasteiger partial charge in [-0.3, -0.25) is 9.78 Å². The van der Waals surface area contributed by atoms with Gasteiger partial charge < -0.3 is 10.1 Å². The summed E-state index contributed by atoms with van der Waals surface area (Å²) in [5, 5.41) is 2.87. The van der Waals surface area contributed by atoms with Gasteiger partial charge in [0.15, 0.2) is 0 Å². The van der Waals surface area contributed by atoms with E-state index < -0.39 is 0 Å². The van der Waals surface area contributed by atoms with Gasteiger partial charge in [0.25, 0.3) is 5.91 Å². The molecule has 0 saturated heterocycles. The number of hydrogen-bond donors (Lipinski definition) is 1. The Morgan fingerprint density at radius 1 is 1.32 bits per heavy atom. The molecule has 0 saturated carbocycles. The minimum atomic E-state index is -0.111. The fourth-order valence-corrected chi connectivity index (χ4v) is 2.15. The number of aryl methyl sites for hydroxylation is 1. The van der Waals surface area contributed by atoms with Crippen LogP contribution in [0, 0.1) is 6.92 Å². The predicted octanol–water partition coefficient (Wildman–Crippen LogP) is 2.58. The molecule has 0 spiro atoms. The third kappa shape index (κ3) is 2.42. The minimum Gasteiger partial charge on any atom is -0.493 e. The van der Waals surface area contributed by atoms with E-state index in [2.05, 4.69) is 10.3 Å². The topological polar surface area (TPSA) is 51.2 Å². The maximum Gasteiger partial charge on any atom is 0.255 e. The normalized spacial score (nSPS) is 12.7. The molecule has 0 unspecified atom stereocenters. The van der Waals surface area contributed by atoms with Gasteiger partial charge in [-0.1, -0.05) is 0 Å². The van der Waals surface area contributed by atoms with Crippen LogP contribution in [0.4, 0.5) is 5.69 Å². The summed E-state index contributed by atoms with van der Waals surface area (Å²) >= 11 is 0. The first-order chi connectivity index (χ1) is 9.22. The molecule has 0 bridgehead atoms. The van der Waals surface area contributed by atoms with Crippen LogP contribution in [0.2, 0.25) is 0 Å². The van der Waals surface area contributed by atoms with Crippen LogP contribution in [0.25, 0.3) is 0 Å². The SMILES string of the molecule is Cc1cc(NC(=O)c2ccc3c(c2)CCO3)ccn1. The lowest BCUT2D eigenvalue weighted by molar-refractivity contribution is 0.102. The van der Waals surface area contributed by atoms with Crippen LogP contribution in [0.5, 0.6) is 5.75 Å². The molecule has 2 heterocycles. The zero-order chi connectivity index (χ0) is 13.2. The second-order valence-electron chi connectivity index (χ2n) is 4.56. The van der Waals surface area contributed by atoms with E-state index in [1.54, 1.807) is 18.3 Å². The molecule has 0 atom stereocenters. The van der Waals surface area contributed by atoms with Crippen molar-refractivity contribution in [1.82, 2.24) is 4.98 Å². The Bertz CT molecular complexity index is 638. The van der Waals surface area contributed by atoms with Gasteiger partial charge in [0.05, 0.1) is 6.61 Å². The van der Waals surface area contributed by atoms with E-state index in [1.165, 1.54) is 0 Å². The molecule has 2 aromatic rings. The van der Waals surface area contributed by atoms with Crippen LogP contribution in [0.15, 0.2) is 36.5 Å². The highest BCUT2D eigenvalue weighted by Gasteiger charge is 2.15. The zero-order valence-corrected chi connectivity index (χ0v) is 10.6. The van der Waals surface area contributed by atoms with Crippen molar-refractivity contribution in [2.45, 2.75) is 13.3 Å². The number of rotatable bonds is 2. The summed E-state index contributed by atoms with van der Waals surface area (Å²) < 4.78 is 5.43. The Hall–Kier alpha value is -2.36. The van der Waals surface area contributed by atoms with E-state index in [0.29, 0.717) is 12.2 Å². The first kappa shape index (κ1) is 11.7. The fourth-order valence-electron chi connectivity index (χ4n) is 2.15. The molecule has 1 aromatic carbocycles. The van der Waals surface area contributed by atoms with E-state index >= 15 is 0 Å². The maximum atomic E-state index is 12.2. The standard InChI is InChI=1S/C15H14N2O2/c1-10-8-13(4-6-16-10)17-15(18)12-2-3-14-11(9-12)5-7-19-14/h2-4,6,8-9H,5,7H2,1H3,(H,16,17,18). The summed E-state index contributed by atoms with van der Waals surface area (Å²) in [7, 11) is 0. The second-order valence-corrected chi connectivity index (χ2v) is 4.56. The van der Waals surface area contributed by atoms with Gasteiger partial charge in [0, 0.05) is 29.6 Å². The third-order valence-electron chi connectivity index (χ3n) is 3.11. The molecule has 1 amide bonds. The molecule has 0 radical (unpaired) electrons. The van der Waals surface area contributed by atoms with Gasteiger partial charge >= 0.3 is 0 Å². The lowest BCUT2D eigenvalue weighted by Crippen LogP contribution is -2.12. The number of nitrogens with one attached hydrogen (secondary N) is 1. The van der Waals surface area contributed by atoms with Gasteiger partial charge in [0.1, 0.15) is 5.75 Å². The predicted molar refractivity (Wildman–Crippen MR) is 72.6 cm³/mol. The van der Waals surface area contributed by atoms with Crippen molar-refractivity contribution >= 4 is 11.6 Å². The van der Waals surface area contributed by atoms with Crippen LogP contribution >= 0.6 is 0 Å². The molecule has 19 heavy (non-hydrogen) atoms. The van der Waals surface area contributed by atoms with Crippen molar-refractivity contribution < 1.29 is 9.53 Å². The Labute approximate surface area is 111 Å². The molecule has 4 nitrogen and oxygen atoms in total. The number of ether oxygens (including phenoxy) is 1. The van der Waals surface area contributed by atoms with Crippen molar-refractivity contribution in [1.29, 1.82) is 0 Å². The van der Waals surface area contributed by atoms with E-state index in [9.17, 15) is 4.79 Å². The first-order valence-electron chi connectivity index (χ1n) is 6.22. The van der Waals surface area contributed by atoms with Crippen molar-refractivity contribution in [2.24, 2.45) is 0 Å². The third-order valence-corrected chi connectivity index (χ3v) is 3.11. The number of nitrogens with zero attached hydrogens (tertiary/aromatic N) is 1. The van der Waals surface area contributed by atoms with Crippen molar-refractivity contribution in [3.05, 3.63) is 53.3 Å². The maximum absolute atomic E-state index is 12.2. The highest BCUT2D eigenvalue weighted by molar-refractivity contribution is 6.04. The second kappa shape index (κ2) is 4.72. The van der Waals surface area contributed by atoms with Gasteiger partial charge in [-0.15, -0.1) is 0 Å². The van der Waals surface area contributed by atoms with Crippen LogP contribution in [-0.2, 0) is 6.42 Å². The lowest BCUT2D eigenvalue weighted by Gasteiger charge is -2.07. The van der Waals surface area contributed by atoms with E-state index in [4.69, 9.17) is 4.74 Å². The van der Waals surface area contributed by atoms with Crippen LogP contribution in [0.1, 0.15) is 21.6 Å². The molecule has 1 aliphatic rings. The average Bonchev–Trinajstić information content (AvgIpc) is 2.85. The average molecular weight is 254 g/mol. The molecule has 4 heteroatoms. The monoisotopic (exact) mass is 254 g/mol. The van der Waals surface area contributed by atoms with Crippen LogP contribution in [0.3, 0.4) is 0 Å². The van der Waals surface area contributed by atoms with Gasteiger partial charge in [0.2, 0.25) is 0 Å². The minimum absolute atomic E-state index is 0.111. The Kier molecular flexibility index (Phi) is 2.91. The number of aromatic nitrogens is 1. The van der Waals surface area contributed by atoms with Crippen molar-refractivity contribution in [2.75, 3.05) is 11.9 Å². The molecule has 1 aromatic heterocycles. The Morgan fingerprint density at radius 2 is 2.21 bits per heavy atom. The molecule has 1 aliphatic heterocycles. The summed E-state index contributed by atoms with van der Waals surface area (Å²) in [6, 6.07) is 9.16. The number of carbonyl (C=O) groups excluding carboxylic acids is 1. The summed E-state index contributed by atoms with van der Waals surface area (Å²) in [5.41, 5.74) is 3.38. The number of pyridine rings is 1. The number of carbonyl (C=O) groups is 1. The number of anilines is 1. The van der Waals surface area contributed by atoms with E-state index in [1.807, 2.05) is 25.1 Å². The van der Waals surface area contributed by atoms with Crippen molar-refractivity contribution in [3.63, 3.8) is 0 Å². The zero-order valence-electron chi connectivity index (χ0n) is 10.6. The summed E-state index contributed by atoms with van der Waals surface area (Å²) in [5.74, 6) is 0.775. The quantitative estimate of drug-likeness (QED) is 0.896. The summed E-state index contributed by atoms with van der Waals surface area (Å²) in [4.78, 5) is 16.3. The molecular formula is C15H14N2O2. The number of amides is 1. The van der Waals surface area contributed by atoms with Gasteiger partial charge in [-0.25, -0.2) is 0 Å². The molecular weight excluding hydrogens is 240 g/mol. The molecule has 3 rings (SSSR count). The summed E-state index contributed by atoms with van der Waals surface area (Å²) in [6.45, 7) is 2.59. The van der Waals surface area contributed by atoms with E-state index in [-0.39, 0.29) is 5.91 Å². The van der Waals surface area contributed by atoms with Crippen LogP contribution < -0.4 is 10.1 Å². The number of hydrogen-bond acceptors (Lipinski definition) is 3. The number of fused-ring (bicyclic) bond motifs is 1. The molecule has 1 N–H and O–H groups in total. The summed E-state index contributed by atoms with van der Waals surface area (Å²) in [6.07, 6.45) is 2.55. The van der Waals surface area contributed by atoms with Crippen LogP contribution in [-0.4, -0.2) is 17.5 Å². The Balaban J connectivity index is 1.81. The fraction of sp³-hybridized carbons (Fsp3) is 0.200. The highest BCUT2D eigenvalue weighted by atomic mass is 16.5. The van der Waals surface area contributed by atoms with Gasteiger partial charge in [-0.05, 0) is 42.8 Å². The Morgan fingerprint density at radius 3 is 3.05 bits per heavy atom. The smallest absolute Gasteiger partial charge is 0.255 e. The molecule has 0 aliphatic carbocycles. The number of benzene rings is 1. The first-order valence-corrected chi connectivity index (χ1v) is 6.22. The van der Waals surface area contributed by atoms with E-state index in [0.717, 1.165) is 29.1 Å². The largest absolute Gasteiger partial charge is 0.493 e. The highest BCUT2D eigenvalue weighted by Crippen LogP contribution is 2.26. The van der Waals surface area contributed by atoms with Crippen molar-refractivity contribution in [3.8, 4) is 5.75 Å². The molecule has 96 valence electrons. The van der Waals surface area contributed by atoms with Gasteiger partial charge in [-0.2, -0.15) is 0 Å². The molecule has 0 fully saturated rings.